The summed E-state index contributed by atoms with van der Waals surface area (Å²) in [5, 5.41) is 11.9. The Kier molecular flexibility index (Phi) is 6.31. The number of aliphatic hydroxyl groups excluding tert-OH is 1. The fourth-order valence-corrected chi connectivity index (χ4v) is 4.45. The van der Waals surface area contributed by atoms with Crippen LogP contribution in [-0.2, 0) is 14.4 Å². The Morgan fingerprint density at radius 1 is 1.08 bits per heavy atom. The van der Waals surface area contributed by atoms with E-state index in [1.165, 1.54) is 0 Å². The molecule has 26 heavy (non-hydrogen) atoms. The summed E-state index contributed by atoms with van der Waals surface area (Å²) in [6.07, 6.45) is 0.640. The lowest BCUT2D eigenvalue weighted by Gasteiger charge is -2.19. The van der Waals surface area contributed by atoms with Crippen molar-refractivity contribution in [1.82, 2.24) is 10.0 Å². The predicted octanol–water partition coefficient (Wildman–Crippen LogP) is 3.65. The monoisotopic (exact) mass is 390 g/mol. The molecule has 1 fully saturated rings. The fourth-order valence-electron chi connectivity index (χ4n) is 2.34. The Balaban J connectivity index is 1.57. The van der Waals surface area contributed by atoms with E-state index in [1.54, 1.807) is 39.9 Å². The first-order chi connectivity index (χ1) is 12.5. The smallest absolute Gasteiger partial charge is 0.254 e. The highest BCUT2D eigenvalue weighted by atomic mass is 33.1. The molecule has 0 radical (unpaired) electrons. The number of carbonyl (C=O) groups is 2. The number of hydrogen-bond acceptors (Lipinski definition) is 7. The molecule has 2 aromatic rings. The number of hydroxylamine groups is 2. The second-order valence-electron chi connectivity index (χ2n) is 5.70. The van der Waals surface area contributed by atoms with Gasteiger partial charge in [-0.25, -0.2) is 9.82 Å². The minimum atomic E-state index is -1.36. The first kappa shape index (κ1) is 18.9. The number of aliphatic hydroxyl groups is 1. The molecule has 6 nitrogen and oxygen atoms in total. The molecular weight excluding hydrogens is 372 g/mol. The molecule has 0 spiro atoms. The molecule has 2 heterocycles. The lowest BCUT2D eigenvalue weighted by atomic mass is 10.1. The van der Waals surface area contributed by atoms with Crippen LogP contribution in [0.2, 0.25) is 0 Å². The first-order valence-electron chi connectivity index (χ1n) is 8.09. The summed E-state index contributed by atoms with van der Waals surface area (Å²) in [7, 11) is 3.29. The van der Waals surface area contributed by atoms with Crippen LogP contribution in [0.15, 0.2) is 53.7 Å². The lowest BCUT2D eigenvalue weighted by molar-refractivity contribution is -0.247. The molecule has 2 unspecified atom stereocenters. The third kappa shape index (κ3) is 4.64. The third-order valence-corrected chi connectivity index (χ3v) is 6.55. The SMILES string of the molecule is CC(SSc1ccccn1)c1ccc(C(O)ON2C(=O)CCC2=O)cc1. The number of rotatable bonds is 7. The van der Waals surface area contributed by atoms with E-state index < -0.39 is 18.1 Å². The molecule has 8 heteroatoms. The normalized spacial score (nSPS) is 16.8. The van der Waals surface area contributed by atoms with E-state index in [1.807, 2.05) is 30.3 Å². The molecule has 1 saturated heterocycles. The molecule has 0 saturated carbocycles. The Morgan fingerprint density at radius 3 is 2.35 bits per heavy atom. The second kappa shape index (κ2) is 8.68. The van der Waals surface area contributed by atoms with E-state index in [4.69, 9.17) is 4.84 Å². The first-order valence-corrected chi connectivity index (χ1v) is 10.3. The molecule has 2 atom stereocenters. The number of amides is 2. The van der Waals surface area contributed by atoms with Crippen LogP contribution in [-0.4, -0.2) is 27.0 Å². The van der Waals surface area contributed by atoms with Crippen molar-refractivity contribution in [2.45, 2.75) is 36.3 Å². The van der Waals surface area contributed by atoms with E-state index in [0.29, 0.717) is 10.6 Å². The zero-order valence-corrected chi connectivity index (χ0v) is 15.7. The standard InChI is InChI=1S/C18H18N2O4S2/c1-12(25-26-15-4-2-3-11-19-15)13-5-7-14(8-6-13)18(23)24-20-16(21)9-10-17(20)22/h2-8,11-12,18,23H,9-10H2,1H3. The Bertz CT molecular complexity index is 755. The average molecular weight is 390 g/mol. The molecule has 1 aliphatic rings. The molecule has 3 rings (SSSR count). The summed E-state index contributed by atoms with van der Waals surface area (Å²) >= 11 is 0. The minimum Gasteiger partial charge on any atom is -0.362 e. The summed E-state index contributed by atoms with van der Waals surface area (Å²) in [6, 6.07) is 13.0. The van der Waals surface area contributed by atoms with Crippen LogP contribution in [0.4, 0.5) is 0 Å². The van der Waals surface area contributed by atoms with Crippen molar-refractivity contribution in [3.8, 4) is 0 Å². The zero-order chi connectivity index (χ0) is 18.5. The van der Waals surface area contributed by atoms with Gasteiger partial charge in [-0.15, -0.1) is 0 Å². The van der Waals surface area contributed by atoms with Crippen molar-refractivity contribution in [2.75, 3.05) is 0 Å². The van der Waals surface area contributed by atoms with Crippen molar-refractivity contribution in [3.05, 3.63) is 59.8 Å². The van der Waals surface area contributed by atoms with E-state index in [9.17, 15) is 14.7 Å². The molecular formula is C18H18N2O4S2. The van der Waals surface area contributed by atoms with Gasteiger partial charge in [-0.1, -0.05) is 41.1 Å². The Hall–Kier alpha value is -1.87. The molecule has 2 amide bonds. The van der Waals surface area contributed by atoms with Crippen molar-refractivity contribution in [1.29, 1.82) is 0 Å². The molecule has 0 aliphatic carbocycles. The van der Waals surface area contributed by atoms with Crippen LogP contribution in [0.25, 0.3) is 0 Å². The van der Waals surface area contributed by atoms with E-state index in [2.05, 4.69) is 11.9 Å². The van der Waals surface area contributed by atoms with Gasteiger partial charge in [0.25, 0.3) is 11.8 Å². The predicted molar refractivity (Wildman–Crippen MR) is 99.7 cm³/mol. The van der Waals surface area contributed by atoms with Gasteiger partial charge in [-0.3, -0.25) is 9.59 Å². The Morgan fingerprint density at radius 2 is 1.73 bits per heavy atom. The number of hydrogen-bond donors (Lipinski definition) is 1. The lowest BCUT2D eigenvalue weighted by Crippen LogP contribution is -2.31. The zero-order valence-electron chi connectivity index (χ0n) is 14.1. The van der Waals surface area contributed by atoms with Gasteiger partial charge in [0.15, 0.2) is 0 Å². The van der Waals surface area contributed by atoms with Gasteiger partial charge >= 0.3 is 0 Å². The maximum atomic E-state index is 11.5. The van der Waals surface area contributed by atoms with Crippen molar-refractivity contribution < 1.29 is 19.5 Å². The van der Waals surface area contributed by atoms with Gasteiger partial charge in [0, 0.05) is 29.9 Å². The summed E-state index contributed by atoms with van der Waals surface area (Å²) < 4.78 is 0. The van der Waals surface area contributed by atoms with Crippen LogP contribution in [0.3, 0.4) is 0 Å². The van der Waals surface area contributed by atoms with Crippen molar-refractivity contribution in [3.63, 3.8) is 0 Å². The van der Waals surface area contributed by atoms with Crippen LogP contribution in [0.5, 0.6) is 0 Å². The highest BCUT2D eigenvalue weighted by Gasteiger charge is 2.32. The Labute approximate surface area is 159 Å². The van der Waals surface area contributed by atoms with Crippen LogP contribution in [0, 0.1) is 0 Å². The largest absolute Gasteiger partial charge is 0.362 e. The maximum Gasteiger partial charge on any atom is 0.254 e. The summed E-state index contributed by atoms with van der Waals surface area (Å²) in [5.74, 6) is -0.857. The van der Waals surface area contributed by atoms with Gasteiger partial charge in [-0.2, -0.15) is 5.06 Å². The molecule has 1 aromatic carbocycles. The summed E-state index contributed by atoms with van der Waals surface area (Å²) in [5.41, 5.74) is 1.57. The molecule has 1 N–H and O–H groups in total. The molecule has 1 aliphatic heterocycles. The van der Waals surface area contributed by atoms with Crippen molar-refractivity contribution in [2.24, 2.45) is 0 Å². The number of imide groups is 1. The summed E-state index contributed by atoms with van der Waals surface area (Å²) in [4.78, 5) is 32.5. The van der Waals surface area contributed by atoms with Gasteiger partial charge in [0.1, 0.15) is 5.03 Å². The number of pyridine rings is 1. The van der Waals surface area contributed by atoms with E-state index >= 15 is 0 Å². The number of benzene rings is 1. The van der Waals surface area contributed by atoms with Gasteiger partial charge in [0.2, 0.25) is 6.29 Å². The van der Waals surface area contributed by atoms with E-state index in [-0.39, 0.29) is 18.1 Å². The van der Waals surface area contributed by atoms with Gasteiger partial charge in [0.05, 0.1) is 0 Å². The third-order valence-electron chi connectivity index (χ3n) is 3.82. The van der Waals surface area contributed by atoms with Crippen molar-refractivity contribution >= 4 is 33.4 Å². The average Bonchev–Trinajstić information content (AvgIpc) is 2.99. The maximum absolute atomic E-state index is 11.5. The van der Waals surface area contributed by atoms with Gasteiger partial charge < -0.3 is 5.11 Å². The summed E-state index contributed by atoms with van der Waals surface area (Å²) in [6.45, 7) is 2.09. The van der Waals surface area contributed by atoms with Crippen LogP contribution in [0.1, 0.15) is 42.4 Å². The molecule has 136 valence electrons. The topological polar surface area (TPSA) is 79.7 Å². The highest BCUT2D eigenvalue weighted by molar-refractivity contribution is 8.76. The number of aromatic nitrogens is 1. The highest BCUT2D eigenvalue weighted by Crippen LogP contribution is 2.41. The van der Waals surface area contributed by atoms with Crippen LogP contribution < -0.4 is 0 Å². The minimum absolute atomic E-state index is 0.118. The second-order valence-corrected chi connectivity index (χ2v) is 8.26. The van der Waals surface area contributed by atoms with Crippen LogP contribution >= 0.6 is 21.6 Å². The molecule has 0 bridgehead atoms. The quantitative estimate of drug-likeness (QED) is 0.439. The molecule has 1 aromatic heterocycles. The number of nitrogens with zero attached hydrogens (tertiary/aromatic N) is 2. The van der Waals surface area contributed by atoms with Gasteiger partial charge in [-0.05, 0) is 35.4 Å². The van der Waals surface area contributed by atoms with E-state index in [0.717, 1.165) is 10.6 Å². The number of carbonyl (C=O) groups excluding carboxylic acids is 2. The fraction of sp³-hybridized carbons (Fsp3) is 0.278.